The summed E-state index contributed by atoms with van der Waals surface area (Å²) in [5, 5.41) is 11.7. The minimum absolute atomic E-state index is 0.00644. The van der Waals surface area contributed by atoms with E-state index in [1.807, 2.05) is 10.1 Å². The SMILES string of the molecule is C=C1C[C@H](CCC=O)O[C@H]1CC[C@H]1C[C@@H](C)C(=C)[C@@H](C[C@@H]2O[C@H](C[C@H](C)CC)[C@H](OC)[C@H]2C(C(O)CC2CCC3O[C@@H]([C@H](/C=C/I)O[Si](C)(C)C(C)(C)C)[C@@H](C)[C@@H](C)C3O2)S(=O)(=O)c2ccccc2)O1.C=C1C[C@H](CCC=O)O[C@H]1CC[C@H]1C[C@@H](C)C(=C)[C@@H](C[C@@H]2O[C@H](C[C@H](C)CC)[C@H](OC)[C@H]2CC(=O)CC2CCC3O[C@@H]([C@H](/C=C/I)O[Si](C)(C)C(C)(C)C)[C@@H](C)[C@@H](C)C3O2)O1. The first-order chi connectivity index (χ1) is 61.8. The van der Waals surface area contributed by atoms with Gasteiger partial charge in [0.2, 0.25) is 0 Å². The lowest BCUT2D eigenvalue weighted by molar-refractivity contribution is -0.240. The zero-order valence-electron chi connectivity index (χ0n) is 84.0. The first-order valence-corrected chi connectivity index (χ1v) is 60.3. The Labute approximate surface area is 820 Å². The molecule has 0 bridgehead atoms. The number of ether oxygens (including phenoxy) is 12. The molecule has 10 heterocycles. The number of carbonyl (C=O) groups excluding carboxylic acids is 3. The maximum atomic E-state index is 15.4. The fourth-order valence-electron chi connectivity index (χ4n) is 22.3. The third-order valence-corrected chi connectivity index (χ3v) is 45.3. The molecule has 11 rings (SSSR count). The Balaban J connectivity index is 0.000000275. The van der Waals surface area contributed by atoms with Gasteiger partial charge in [-0.15, -0.1) is 0 Å². The average Bonchev–Trinajstić information content (AvgIpc) is 1.70. The van der Waals surface area contributed by atoms with Crippen molar-refractivity contribution in [2.24, 2.45) is 59.2 Å². The van der Waals surface area contributed by atoms with Crippen LogP contribution in [0, 0.1) is 59.2 Å². The highest BCUT2D eigenvalue weighted by atomic mass is 127. The van der Waals surface area contributed by atoms with Crippen LogP contribution in [-0.2, 0) is 89.9 Å². The van der Waals surface area contributed by atoms with Gasteiger partial charge in [-0.2, -0.15) is 0 Å². The second-order valence-electron chi connectivity index (χ2n) is 44.5. The minimum atomic E-state index is -4.18. The lowest BCUT2D eigenvalue weighted by Gasteiger charge is -2.51. The van der Waals surface area contributed by atoms with E-state index in [-0.39, 0.29) is 179 Å². The number of aliphatic hydroxyl groups is 1. The van der Waals surface area contributed by atoms with Crippen molar-refractivity contribution in [2.45, 2.75) is 470 Å². The molecule has 0 amide bonds. The summed E-state index contributed by atoms with van der Waals surface area (Å²) >= 11 is 4.57. The Bertz CT molecular complexity index is 4000. The van der Waals surface area contributed by atoms with E-state index in [9.17, 15) is 19.5 Å². The van der Waals surface area contributed by atoms with E-state index < -0.39 is 74.3 Å². The normalized spacial score (nSPS) is 37.3. The number of fused-ring (bicyclic) bond motifs is 2. The smallest absolute Gasteiger partial charge is 0.193 e. The molecule has 10 fully saturated rings. The maximum absolute atomic E-state index is 15.4. The second kappa shape index (κ2) is 49.5. The van der Waals surface area contributed by atoms with Crippen LogP contribution in [0.15, 0.2) is 104 Å². The van der Waals surface area contributed by atoms with E-state index in [0.29, 0.717) is 75.5 Å². The van der Waals surface area contributed by atoms with E-state index in [0.717, 1.165) is 131 Å². The number of halogens is 2. The molecule has 20 nitrogen and oxygen atoms in total. The topological polar surface area (TPSA) is 235 Å². The standard InChI is InChI=1S/C56H89IO11SSi.C50H83IO9Si/c1-14-34(2)29-50-54(62-11)51(49(66-50)33-48-37(5)35(3)30-41(64-48)22-24-45-36(4)31-40(63-45)19-18-28-58)55(69(60,61)43-20-16-15-17-21-43)44(59)32-42-23-25-46-52(65-42)38(6)39(7)53(67-46)47(26-27-57)68-70(12,13)56(8,9)10;1-14-30(2)24-46-49(54-11)40(45(58-46)29-44-33(5)31(3)25-38(56-44)17-19-41-32(4)26-37(55-41)16-15-23-52)28-36(53)27-39-18-20-42-47(57-39)34(6)35(7)48(59-42)43(21-22-51)60-61(12,13)50(8,9)10/h15-17,20-21,26-28,34-35,38-42,44-55,59H,4-5,14,18-19,22-25,29-33H2,1-3,6-13H3;21-23,30-31,34-35,37-49H,4-5,14-20,24-29H2,1-3,6-13H3/b27-26+;22-21+/t34-,35-,38-,39+,40+,41+,42?,44?,45+,46?,47+,48-,49+,50-,51+,52?,53-,54+,55?;30-,31-,34-,35+,37+,38+,39?,40+,41+,42?,43+,44-,45+,46-,47?,48-,49-/m11/s1. The quantitative estimate of drug-likeness (QED) is 0.0277. The molecule has 8 unspecified atom stereocenters. The Hall–Kier alpha value is -2.09. The van der Waals surface area contributed by atoms with Gasteiger partial charge in [-0.25, -0.2) is 8.42 Å². The molecule has 36 atom stereocenters. The van der Waals surface area contributed by atoms with Crippen molar-refractivity contribution < 1.29 is 93.6 Å². The lowest BCUT2D eigenvalue weighted by Crippen LogP contribution is -2.59. The van der Waals surface area contributed by atoms with Crippen LogP contribution < -0.4 is 0 Å². The van der Waals surface area contributed by atoms with Crippen molar-refractivity contribution in [1.82, 2.24) is 0 Å². The number of methoxy groups -OCH3 is 2. The van der Waals surface area contributed by atoms with Gasteiger partial charge in [0.25, 0.3) is 0 Å². The summed E-state index contributed by atoms with van der Waals surface area (Å²) in [5.74, 6) is 1.34. The molecular formula is C106H172I2O20SSi2. The zero-order valence-corrected chi connectivity index (χ0v) is 91.1. The van der Waals surface area contributed by atoms with Crippen molar-refractivity contribution in [1.29, 1.82) is 0 Å². The van der Waals surface area contributed by atoms with Crippen molar-refractivity contribution in [3.05, 3.63) is 99.3 Å². The minimum Gasteiger partial charge on any atom is -0.408 e. The van der Waals surface area contributed by atoms with Gasteiger partial charge in [-0.1, -0.05) is 213 Å². The summed E-state index contributed by atoms with van der Waals surface area (Å²) in [4.78, 5) is 36.4. The summed E-state index contributed by atoms with van der Waals surface area (Å²) in [7, 11) is -4.94. The fraction of sp³-hybridized carbons (Fsp3) is 0.802. The summed E-state index contributed by atoms with van der Waals surface area (Å²) in [5.41, 5.74) is 4.25. The lowest BCUT2D eigenvalue weighted by atomic mass is 9.77. The van der Waals surface area contributed by atoms with Gasteiger partial charge >= 0.3 is 0 Å². The van der Waals surface area contributed by atoms with Crippen LogP contribution >= 0.6 is 45.2 Å². The van der Waals surface area contributed by atoms with Gasteiger partial charge in [0.05, 0.1) is 163 Å². The third kappa shape index (κ3) is 28.3. The first kappa shape index (κ1) is 111. The number of Topliss-reactive ketones (excluding diaryl/α,β-unsaturated/α-hetero) is 1. The number of aldehydes is 2. The van der Waals surface area contributed by atoms with Gasteiger partial charge in [-0.3, -0.25) is 4.79 Å². The van der Waals surface area contributed by atoms with Crippen LogP contribution in [-0.4, -0.2) is 221 Å². The summed E-state index contributed by atoms with van der Waals surface area (Å²) in [6.45, 7) is 62.8. The molecular weight excluding hydrogens is 1940 g/mol. The highest BCUT2D eigenvalue weighted by molar-refractivity contribution is 14.1. The third-order valence-electron chi connectivity index (χ3n) is 33.2. The van der Waals surface area contributed by atoms with Crippen molar-refractivity contribution in [3.63, 3.8) is 0 Å². The molecule has 0 radical (unpaired) electrons. The molecule has 10 aliphatic rings. The molecule has 25 heteroatoms. The van der Waals surface area contributed by atoms with Crippen molar-refractivity contribution in [3.8, 4) is 0 Å². The monoisotopic (exact) mass is 2110 g/mol. The summed E-state index contributed by atoms with van der Waals surface area (Å²) in [6.07, 6.45) is 18.3. The number of benzene rings is 1. The zero-order chi connectivity index (χ0) is 96.1. The van der Waals surface area contributed by atoms with E-state index in [4.69, 9.17) is 65.7 Å². The first-order valence-electron chi connectivity index (χ1n) is 50.4. The van der Waals surface area contributed by atoms with Crippen LogP contribution in [0.3, 0.4) is 0 Å². The molecule has 0 aromatic heterocycles. The van der Waals surface area contributed by atoms with Gasteiger partial charge in [0.15, 0.2) is 26.5 Å². The number of rotatable bonds is 42. The predicted octanol–water partition coefficient (Wildman–Crippen LogP) is 22.9. The second-order valence-corrected chi connectivity index (χ2v) is 57.6. The molecule has 1 aromatic rings. The molecule has 10 saturated heterocycles. The molecule has 1 aromatic carbocycles. The fourth-order valence-corrected chi connectivity index (χ4v) is 27.7. The molecule has 0 spiro atoms. The van der Waals surface area contributed by atoms with E-state index in [1.165, 1.54) is 0 Å². The Kier molecular flexibility index (Phi) is 41.9. The van der Waals surface area contributed by atoms with Gasteiger partial charge in [0.1, 0.15) is 18.4 Å². The number of hydrogen-bond donors (Lipinski definition) is 1. The van der Waals surface area contributed by atoms with Crippen LogP contribution in [0.25, 0.3) is 0 Å². The Morgan fingerprint density at radius 3 is 1.39 bits per heavy atom. The molecule has 744 valence electrons. The summed E-state index contributed by atoms with van der Waals surface area (Å²) < 4.78 is 130. The van der Waals surface area contributed by atoms with Gasteiger partial charge < -0.3 is 80.4 Å². The van der Waals surface area contributed by atoms with Crippen LogP contribution in [0.5, 0.6) is 0 Å². The molecule has 0 aliphatic carbocycles. The van der Waals surface area contributed by atoms with E-state index in [1.54, 1.807) is 38.5 Å². The number of hydrogen-bond acceptors (Lipinski definition) is 20. The number of carbonyl (C=O) groups is 3. The highest BCUT2D eigenvalue weighted by Gasteiger charge is 2.59. The van der Waals surface area contributed by atoms with Gasteiger partial charge in [0, 0.05) is 71.0 Å². The van der Waals surface area contributed by atoms with Crippen molar-refractivity contribution >= 4 is 90.0 Å². The highest BCUT2D eigenvalue weighted by Crippen LogP contribution is 2.51. The van der Waals surface area contributed by atoms with Crippen LogP contribution in [0.1, 0.15) is 271 Å². The van der Waals surface area contributed by atoms with Crippen molar-refractivity contribution in [2.75, 3.05) is 14.2 Å². The number of ketones is 1. The molecule has 0 saturated carbocycles. The maximum Gasteiger partial charge on any atom is 0.193 e. The average molecular weight is 2110 g/mol. The number of aliphatic hydroxyl groups excluding tert-OH is 1. The largest absolute Gasteiger partial charge is 0.408 e. The Morgan fingerprint density at radius 2 is 0.954 bits per heavy atom. The van der Waals surface area contributed by atoms with Gasteiger partial charge in [-0.05, 0) is 241 Å². The Morgan fingerprint density at radius 1 is 0.527 bits per heavy atom. The predicted molar refractivity (Wildman–Crippen MR) is 543 cm³/mol. The summed E-state index contributed by atoms with van der Waals surface area (Å²) in [6, 6.07) is 8.53. The van der Waals surface area contributed by atoms with Crippen LogP contribution in [0.2, 0.25) is 36.3 Å². The van der Waals surface area contributed by atoms with E-state index in [2.05, 4.69) is 225 Å². The van der Waals surface area contributed by atoms with Crippen LogP contribution in [0.4, 0.5) is 0 Å². The molecule has 131 heavy (non-hydrogen) atoms. The molecule has 1 N–H and O–H groups in total. The number of sulfone groups is 1. The molecule has 10 aliphatic heterocycles. The van der Waals surface area contributed by atoms with E-state index >= 15 is 8.42 Å².